The Morgan fingerprint density at radius 1 is 1.17 bits per heavy atom. The van der Waals surface area contributed by atoms with E-state index < -0.39 is 0 Å². The molecular weight excluding hydrogens is 409 g/mol. The molecule has 0 aliphatic rings. The predicted octanol–water partition coefficient (Wildman–Crippen LogP) is 2.28. The Labute approximate surface area is 156 Å². The first kappa shape index (κ1) is 21.8. The number of halogens is 1. The summed E-state index contributed by atoms with van der Waals surface area (Å²) in [6, 6.07) is 7.54. The number of guanidine groups is 1. The summed E-state index contributed by atoms with van der Waals surface area (Å²) < 4.78 is 16.2. The Morgan fingerprint density at radius 3 is 2.39 bits per heavy atom. The minimum Gasteiger partial charge on any atom is -0.497 e. The average molecular weight is 437 g/mol. The Morgan fingerprint density at radius 2 is 1.83 bits per heavy atom. The molecule has 0 aliphatic carbocycles. The highest BCUT2D eigenvalue weighted by Gasteiger charge is 2.05. The molecule has 0 aromatic heterocycles. The predicted molar refractivity (Wildman–Crippen MR) is 104 cm³/mol. The van der Waals surface area contributed by atoms with Crippen LogP contribution in [0.4, 0.5) is 0 Å². The molecule has 0 saturated carbocycles. The fraction of sp³-hybridized carbons (Fsp3) is 0.562. The lowest BCUT2D eigenvalue weighted by Gasteiger charge is -2.18. The lowest BCUT2D eigenvalue weighted by atomic mass is 10.3. The molecule has 2 N–H and O–H groups in total. The van der Waals surface area contributed by atoms with Crippen molar-refractivity contribution < 1.29 is 14.2 Å². The van der Waals surface area contributed by atoms with E-state index in [4.69, 9.17) is 14.2 Å². The van der Waals surface area contributed by atoms with Gasteiger partial charge >= 0.3 is 0 Å². The van der Waals surface area contributed by atoms with E-state index in [-0.39, 0.29) is 30.1 Å². The van der Waals surface area contributed by atoms with Crippen LogP contribution < -0.4 is 20.1 Å². The molecular formula is C16H28IN3O3. The van der Waals surface area contributed by atoms with Crippen LogP contribution in [0.25, 0.3) is 0 Å². The van der Waals surface area contributed by atoms with Gasteiger partial charge < -0.3 is 24.8 Å². The van der Waals surface area contributed by atoms with Crippen molar-refractivity contribution in [3.05, 3.63) is 24.3 Å². The van der Waals surface area contributed by atoms with Crippen LogP contribution in [0.15, 0.2) is 29.3 Å². The van der Waals surface area contributed by atoms with Gasteiger partial charge in [0.25, 0.3) is 0 Å². The summed E-state index contributed by atoms with van der Waals surface area (Å²) in [5.74, 6) is 2.37. The molecule has 0 bridgehead atoms. The van der Waals surface area contributed by atoms with Gasteiger partial charge in [-0.05, 0) is 38.1 Å². The Balaban J connectivity index is 0.00000484. The van der Waals surface area contributed by atoms with E-state index in [1.165, 1.54) is 0 Å². The zero-order valence-corrected chi connectivity index (χ0v) is 16.6. The van der Waals surface area contributed by atoms with Crippen molar-refractivity contribution in [2.75, 3.05) is 40.5 Å². The van der Waals surface area contributed by atoms with Crippen LogP contribution in [0.5, 0.6) is 11.5 Å². The molecule has 1 atom stereocenters. The van der Waals surface area contributed by atoms with E-state index in [9.17, 15) is 0 Å². The molecule has 132 valence electrons. The number of rotatable bonds is 9. The van der Waals surface area contributed by atoms with Crippen LogP contribution in [0.1, 0.15) is 13.8 Å². The number of hydrogen-bond acceptors (Lipinski definition) is 4. The van der Waals surface area contributed by atoms with E-state index >= 15 is 0 Å². The smallest absolute Gasteiger partial charge is 0.191 e. The number of ether oxygens (including phenoxy) is 3. The third-order valence-electron chi connectivity index (χ3n) is 2.92. The van der Waals surface area contributed by atoms with E-state index in [2.05, 4.69) is 15.6 Å². The highest BCUT2D eigenvalue weighted by atomic mass is 127. The molecule has 0 heterocycles. The first-order valence-electron chi connectivity index (χ1n) is 7.52. The molecule has 0 radical (unpaired) electrons. The maximum absolute atomic E-state index is 5.83. The van der Waals surface area contributed by atoms with Gasteiger partial charge in [-0.1, -0.05) is 0 Å². The molecule has 1 aromatic carbocycles. The summed E-state index contributed by atoms with van der Waals surface area (Å²) in [5, 5.41) is 6.40. The zero-order valence-electron chi connectivity index (χ0n) is 14.3. The maximum atomic E-state index is 5.83. The van der Waals surface area contributed by atoms with E-state index in [1.54, 1.807) is 14.2 Å². The normalized spacial score (nSPS) is 12.1. The van der Waals surface area contributed by atoms with E-state index in [0.717, 1.165) is 30.6 Å². The molecule has 1 rings (SSSR count). The Hall–Kier alpha value is -1.22. The van der Waals surface area contributed by atoms with Gasteiger partial charge in [0, 0.05) is 20.2 Å². The molecule has 1 unspecified atom stereocenters. The fourth-order valence-corrected chi connectivity index (χ4v) is 1.78. The largest absolute Gasteiger partial charge is 0.497 e. The van der Waals surface area contributed by atoms with Gasteiger partial charge in [0.2, 0.25) is 0 Å². The van der Waals surface area contributed by atoms with Crippen LogP contribution in [-0.4, -0.2) is 52.5 Å². The Kier molecular flexibility index (Phi) is 12.5. The summed E-state index contributed by atoms with van der Waals surface area (Å²) in [5.41, 5.74) is 0. The Bertz CT molecular complexity index is 441. The first-order chi connectivity index (χ1) is 10.7. The van der Waals surface area contributed by atoms with Crippen LogP contribution in [0.3, 0.4) is 0 Å². The maximum Gasteiger partial charge on any atom is 0.191 e. The highest BCUT2D eigenvalue weighted by Crippen LogP contribution is 2.17. The number of aliphatic imine (C=N–C) groups is 1. The number of nitrogens with zero attached hydrogens (tertiary/aromatic N) is 1. The second-order valence-electron chi connectivity index (χ2n) is 4.68. The molecule has 1 aromatic rings. The van der Waals surface area contributed by atoms with Gasteiger partial charge in [0.15, 0.2) is 5.96 Å². The zero-order chi connectivity index (χ0) is 16.2. The van der Waals surface area contributed by atoms with Gasteiger partial charge in [-0.3, -0.25) is 4.99 Å². The SMILES string of the molecule is CCOCCNC(=NC)NCC(C)Oc1ccc(OC)cc1.I. The van der Waals surface area contributed by atoms with Crippen molar-refractivity contribution in [1.82, 2.24) is 10.6 Å². The third kappa shape index (κ3) is 9.50. The quantitative estimate of drug-likeness (QED) is 0.269. The monoisotopic (exact) mass is 437 g/mol. The minimum atomic E-state index is 0. The van der Waals surface area contributed by atoms with Gasteiger partial charge in [-0.15, -0.1) is 24.0 Å². The first-order valence-corrected chi connectivity index (χ1v) is 7.52. The minimum absolute atomic E-state index is 0. The van der Waals surface area contributed by atoms with Crippen LogP contribution >= 0.6 is 24.0 Å². The van der Waals surface area contributed by atoms with E-state index in [0.29, 0.717) is 13.2 Å². The number of benzene rings is 1. The molecule has 0 fully saturated rings. The van der Waals surface area contributed by atoms with Crippen molar-refractivity contribution in [3.63, 3.8) is 0 Å². The van der Waals surface area contributed by atoms with Gasteiger partial charge in [-0.25, -0.2) is 0 Å². The van der Waals surface area contributed by atoms with Crippen molar-refractivity contribution in [2.45, 2.75) is 20.0 Å². The van der Waals surface area contributed by atoms with Crippen molar-refractivity contribution in [3.8, 4) is 11.5 Å². The second-order valence-corrected chi connectivity index (χ2v) is 4.68. The number of nitrogens with one attached hydrogen (secondary N) is 2. The summed E-state index contributed by atoms with van der Waals surface area (Å²) in [4.78, 5) is 4.15. The standard InChI is InChI=1S/C16H27N3O3.HI/c1-5-21-11-10-18-16(17-3)19-12-13(2)22-15-8-6-14(20-4)7-9-15;/h6-9,13H,5,10-12H2,1-4H3,(H2,17,18,19);1H. The van der Waals surface area contributed by atoms with Crippen molar-refractivity contribution >= 4 is 29.9 Å². The average Bonchev–Trinajstić information content (AvgIpc) is 2.55. The highest BCUT2D eigenvalue weighted by molar-refractivity contribution is 14.0. The summed E-state index contributed by atoms with van der Waals surface area (Å²) in [6.45, 7) is 6.74. The number of methoxy groups -OCH3 is 1. The second kappa shape index (κ2) is 13.2. The van der Waals surface area contributed by atoms with Gasteiger partial charge in [0.1, 0.15) is 17.6 Å². The van der Waals surface area contributed by atoms with Crippen LogP contribution in [0, 0.1) is 0 Å². The van der Waals surface area contributed by atoms with Crippen molar-refractivity contribution in [1.29, 1.82) is 0 Å². The molecule has 23 heavy (non-hydrogen) atoms. The van der Waals surface area contributed by atoms with E-state index in [1.807, 2.05) is 38.1 Å². The molecule has 7 heteroatoms. The van der Waals surface area contributed by atoms with Gasteiger partial charge in [-0.2, -0.15) is 0 Å². The molecule has 0 amide bonds. The summed E-state index contributed by atoms with van der Waals surface area (Å²) in [6.07, 6.45) is 0.0128. The third-order valence-corrected chi connectivity index (χ3v) is 2.92. The topological polar surface area (TPSA) is 64.1 Å². The summed E-state index contributed by atoms with van der Waals surface area (Å²) >= 11 is 0. The van der Waals surface area contributed by atoms with Gasteiger partial charge in [0.05, 0.1) is 20.3 Å². The molecule has 0 spiro atoms. The molecule has 0 saturated heterocycles. The van der Waals surface area contributed by atoms with Crippen molar-refractivity contribution in [2.24, 2.45) is 4.99 Å². The lowest BCUT2D eigenvalue weighted by molar-refractivity contribution is 0.152. The molecule has 6 nitrogen and oxygen atoms in total. The van der Waals surface area contributed by atoms with Crippen LogP contribution in [0.2, 0.25) is 0 Å². The van der Waals surface area contributed by atoms with Crippen LogP contribution in [-0.2, 0) is 4.74 Å². The fourth-order valence-electron chi connectivity index (χ4n) is 1.78. The summed E-state index contributed by atoms with van der Waals surface area (Å²) in [7, 11) is 3.39. The lowest BCUT2D eigenvalue weighted by Crippen LogP contribution is -2.42. The number of hydrogen-bond donors (Lipinski definition) is 2. The molecule has 0 aliphatic heterocycles.